The van der Waals surface area contributed by atoms with E-state index >= 15 is 0 Å². The zero-order valence-electron chi connectivity index (χ0n) is 10.0. The van der Waals surface area contributed by atoms with Crippen LogP contribution in [-0.4, -0.2) is 35.3 Å². The molecule has 4 nitrogen and oxygen atoms in total. The highest BCUT2D eigenvalue weighted by Gasteiger charge is 2.08. The minimum absolute atomic E-state index is 0.595. The van der Waals surface area contributed by atoms with E-state index in [-0.39, 0.29) is 0 Å². The van der Waals surface area contributed by atoms with E-state index in [1.165, 1.54) is 11.3 Å². The maximum atomic E-state index is 5.69. The second-order valence-corrected chi connectivity index (χ2v) is 4.10. The summed E-state index contributed by atoms with van der Waals surface area (Å²) in [5, 5.41) is 4.39. The van der Waals surface area contributed by atoms with Gasteiger partial charge in [0.25, 0.3) is 0 Å². The molecule has 0 radical (unpaired) electrons. The quantitative estimate of drug-likeness (QED) is 0.757. The van der Waals surface area contributed by atoms with Crippen molar-refractivity contribution in [2.75, 3.05) is 20.6 Å². The lowest BCUT2D eigenvalue weighted by Crippen LogP contribution is -2.20. The maximum Gasteiger partial charge on any atom is 0.0539 e. The fraction of sp³-hybridized carbons (Fsp3) is 0.727. The molecule has 1 aromatic heterocycles. The second kappa shape index (κ2) is 5.88. The van der Waals surface area contributed by atoms with E-state index in [2.05, 4.69) is 35.7 Å². The Labute approximate surface area is 92.1 Å². The van der Waals surface area contributed by atoms with Gasteiger partial charge in [-0.15, -0.1) is 0 Å². The zero-order valence-corrected chi connectivity index (χ0v) is 10.0. The Kier molecular flexibility index (Phi) is 4.78. The van der Waals surface area contributed by atoms with Gasteiger partial charge in [-0.05, 0) is 20.5 Å². The van der Waals surface area contributed by atoms with Gasteiger partial charge in [-0.25, -0.2) is 0 Å². The van der Waals surface area contributed by atoms with Crippen molar-refractivity contribution in [2.45, 2.75) is 32.9 Å². The first-order valence-electron chi connectivity index (χ1n) is 5.57. The summed E-state index contributed by atoms with van der Waals surface area (Å²) < 4.78 is 2.09. The van der Waals surface area contributed by atoms with Crippen LogP contribution in [0.1, 0.15) is 24.6 Å². The summed E-state index contributed by atoms with van der Waals surface area (Å²) in [5.41, 5.74) is 8.18. The summed E-state index contributed by atoms with van der Waals surface area (Å²) in [6.45, 7) is 4.74. The van der Waals surface area contributed by atoms with E-state index < -0.39 is 0 Å². The van der Waals surface area contributed by atoms with Crippen LogP contribution in [0.5, 0.6) is 0 Å². The minimum atomic E-state index is 0.595. The molecule has 0 aliphatic heterocycles. The van der Waals surface area contributed by atoms with Crippen molar-refractivity contribution in [1.82, 2.24) is 14.7 Å². The molecular formula is C11H22N4. The molecule has 2 N–H and O–H groups in total. The predicted molar refractivity (Wildman–Crippen MR) is 62.7 cm³/mol. The molecule has 1 aromatic rings. The smallest absolute Gasteiger partial charge is 0.0539 e. The molecule has 4 heteroatoms. The van der Waals surface area contributed by atoms with E-state index in [0.717, 1.165) is 25.9 Å². The summed E-state index contributed by atoms with van der Waals surface area (Å²) in [6.07, 6.45) is 4.11. The lowest BCUT2D eigenvalue weighted by atomic mass is 10.1. The van der Waals surface area contributed by atoms with Crippen molar-refractivity contribution in [1.29, 1.82) is 0 Å². The van der Waals surface area contributed by atoms with Crippen LogP contribution in [0.2, 0.25) is 0 Å². The Balaban J connectivity index is 2.72. The molecule has 0 aliphatic rings. The van der Waals surface area contributed by atoms with Gasteiger partial charge in [-0.3, -0.25) is 4.68 Å². The van der Waals surface area contributed by atoms with Crippen LogP contribution in [0.4, 0.5) is 0 Å². The third kappa shape index (κ3) is 3.32. The van der Waals surface area contributed by atoms with Crippen molar-refractivity contribution < 1.29 is 0 Å². The van der Waals surface area contributed by atoms with Crippen molar-refractivity contribution >= 4 is 0 Å². The molecule has 0 bridgehead atoms. The van der Waals surface area contributed by atoms with Crippen LogP contribution in [0.25, 0.3) is 0 Å². The van der Waals surface area contributed by atoms with Crippen LogP contribution in [-0.2, 0) is 19.5 Å². The molecule has 0 spiro atoms. The Morgan fingerprint density at radius 1 is 1.47 bits per heavy atom. The number of aromatic nitrogens is 2. The van der Waals surface area contributed by atoms with Crippen molar-refractivity contribution in [2.24, 2.45) is 5.73 Å². The van der Waals surface area contributed by atoms with E-state index in [0.29, 0.717) is 6.54 Å². The van der Waals surface area contributed by atoms with Gasteiger partial charge in [0.05, 0.1) is 12.7 Å². The van der Waals surface area contributed by atoms with Crippen LogP contribution in [0.15, 0.2) is 6.20 Å². The summed E-state index contributed by atoms with van der Waals surface area (Å²) in [5.74, 6) is 0. The normalized spacial score (nSPS) is 11.3. The molecule has 0 saturated heterocycles. The summed E-state index contributed by atoms with van der Waals surface area (Å²) >= 11 is 0. The number of nitrogens with two attached hydrogens (primary N) is 1. The highest BCUT2D eigenvalue weighted by molar-refractivity contribution is 5.17. The monoisotopic (exact) mass is 210 g/mol. The van der Waals surface area contributed by atoms with Crippen molar-refractivity contribution in [3.8, 4) is 0 Å². The topological polar surface area (TPSA) is 47.1 Å². The van der Waals surface area contributed by atoms with Gasteiger partial charge in [0.1, 0.15) is 0 Å². The highest BCUT2D eigenvalue weighted by Crippen LogP contribution is 2.10. The number of hydrogen-bond donors (Lipinski definition) is 1. The van der Waals surface area contributed by atoms with Gasteiger partial charge >= 0.3 is 0 Å². The molecule has 86 valence electrons. The molecular weight excluding hydrogens is 188 g/mol. The number of likely N-dealkylation sites (N-methyl/N-ethyl adjacent to an activating group) is 1. The average Bonchev–Trinajstić information content (AvgIpc) is 2.58. The van der Waals surface area contributed by atoms with E-state index in [1.807, 2.05) is 6.20 Å². The number of hydrogen-bond acceptors (Lipinski definition) is 3. The highest BCUT2D eigenvalue weighted by atomic mass is 15.3. The molecule has 0 fully saturated rings. The molecule has 0 unspecified atom stereocenters. The average molecular weight is 210 g/mol. The summed E-state index contributed by atoms with van der Waals surface area (Å²) in [4.78, 5) is 2.17. The molecule has 0 atom stereocenters. The fourth-order valence-electron chi connectivity index (χ4n) is 1.63. The summed E-state index contributed by atoms with van der Waals surface area (Å²) in [7, 11) is 4.15. The van der Waals surface area contributed by atoms with Crippen LogP contribution >= 0.6 is 0 Å². The largest absolute Gasteiger partial charge is 0.326 e. The zero-order chi connectivity index (χ0) is 11.3. The Hall–Kier alpha value is -0.870. The Morgan fingerprint density at radius 3 is 2.73 bits per heavy atom. The van der Waals surface area contributed by atoms with E-state index in [1.54, 1.807) is 0 Å². The molecule has 0 amide bonds. The van der Waals surface area contributed by atoms with Gasteiger partial charge < -0.3 is 10.6 Å². The van der Waals surface area contributed by atoms with Crippen molar-refractivity contribution in [3.63, 3.8) is 0 Å². The van der Waals surface area contributed by atoms with E-state index in [9.17, 15) is 0 Å². The second-order valence-electron chi connectivity index (χ2n) is 4.10. The lowest BCUT2D eigenvalue weighted by Gasteiger charge is -2.12. The van der Waals surface area contributed by atoms with Gasteiger partial charge in [-0.1, -0.05) is 13.3 Å². The third-order valence-corrected chi connectivity index (χ3v) is 2.50. The molecule has 0 aliphatic carbocycles. The molecule has 0 saturated carbocycles. The first-order chi connectivity index (χ1) is 7.19. The lowest BCUT2D eigenvalue weighted by molar-refractivity contribution is 0.369. The summed E-state index contributed by atoms with van der Waals surface area (Å²) in [6, 6.07) is 0. The van der Waals surface area contributed by atoms with Gasteiger partial charge in [0.2, 0.25) is 0 Å². The minimum Gasteiger partial charge on any atom is -0.326 e. The number of nitrogens with zero attached hydrogens (tertiary/aromatic N) is 3. The fourth-order valence-corrected chi connectivity index (χ4v) is 1.63. The van der Waals surface area contributed by atoms with Crippen molar-refractivity contribution in [3.05, 3.63) is 17.5 Å². The number of rotatable bonds is 6. The first kappa shape index (κ1) is 12.2. The van der Waals surface area contributed by atoms with Gasteiger partial charge in [0.15, 0.2) is 0 Å². The standard InChI is InChI=1S/C11H22N4/c1-4-5-11-10(8-12)9-13-15(11)7-6-14(2)3/h9H,4-8,12H2,1-3H3. The van der Waals surface area contributed by atoms with Gasteiger partial charge in [0, 0.05) is 24.3 Å². The SMILES string of the molecule is CCCc1c(CN)cnn1CCN(C)C. The Morgan fingerprint density at radius 2 is 2.20 bits per heavy atom. The molecule has 0 aromatic carbocycles. The maximum absolute atomic E-state index is 5.69. The molecule has 1 heterocycles. The van der Waals surface area contributed by atoms with E-state index in [4.69, 9.17) is 5.73 Å². The van der Waals surface area contributed by atoms with Crippen LogP contribution in [0, 0.1) is 0 Å². The first-order valence-corrected chi connectivity index (χ1v) is 5.57. The van der Waals surface area contributed by atoms with Crippen LogP contribution < -0.4 is 5.73 Å². The van der Waals surface area contributed by atoms with Gasteiger partial charge in [-0.2, -0.15) is 5.10 Å². The molecule has 15 heavy (non-hydrogen) atoms. The Bertz CT molecular complexity index is 291. The molecule has 1 rings (SSSR count). The predicted octanol–water partition coefficient (Wildman–Crippen LogP) is 0.856. The third-order valence-electron chi connectivity index (χ3n) is 2.50. The van der Waals surface area contributed by atoms with Crippen LogP contribution in [0.3, 0.4) is 0 Å².